The lowest BCUT2D eigenvalue weighted by Crippen LogP contribution is -2.15. The highest BCUT2D eigenvalue weighted by molar-refractivity contribution is 7.99. The van der Waals surface area contributed by atoms with E-state index in [0.29, 0.717) is 10.8 Å². The summed E-state index contributed by atoms with van der Waals surface area (Å²) in [6, 6.07) is 10.4. The van der Waals surface area contributed by atoms with E-state index in [1.807, 2.05) is 37.5 Å². The Labute approximate surface area is 167 Å². The molecule has 28 heavy (non-hydrogen) atoms. The van der Waals surface area contributed by atoms with Crippen molar-refractivity contribution >= 4 is 23.4 Å². The highest BCUT2D eigenvalue weighted by Crippen LogP contribution is 2.25. The third-order valence-electron chi connectivity index (χ3n) is 4.17. The van der Waals surface area contributed by atoms with E-state index in [1.165, 1.54) is 31.0 Å². The SMILES string of the molecule is COc1ccc(NC(=O)CSc2nnc(C)n2-c2cc(C)ccc2C)cc1F. The number of ether oxygens (including phenoxy) is 1. The van der Waals surface area contributed by atoms with Crippen LogP contribution in [0.3, 0.4) is 0 Å². The first-order valence-electron chi connectivity index (χ1n) is 8.65. The molecule has 0 bridgehead atoms. The summed E-state index contributed by atoms with van der Waals surface area (Å²) in [6.45, 7) is 5.92. The monoisotopic (exact) mass is 400 g/mol. The number of hydrogen-bond donors (Lipinski definition) is 1. The third kappa shape index (κ3) is 4.33. The van der Waals surface area contributed by atoms with Gasteiger partial charge in [-0.2, -0.15) is 0 Å². The molecule has 1 aromatic heterocycles. The number of benzene rings is 2. The third-order valence-corrected chi connectivity index (χ3v) is 5.10. The number of anilines is 1. The highest BCUT2D eigenvalue weighted by Gasteiger charge is 2.15. The quantitative estimate of drug-likeness (QED) is 0.632. The van der Waals surface area contributed by atoms with Crippen LogP contribution in [-0.4, -0.2) is 33.5 Å². The Morgan fingerprint density at radius 2 is 1.96 bits per heavy atom. The van der Waals surface area contributed by atoms with Gasteiger partial charge in [-0.05, 0) is 50.1 Å². The molecule has 3 rings (SSSR count). The second-order valence-electron chi connectivity index (χ2n) is 6.34. The maximum Gasteiger partial charge on any atom is 0.234 e. The van der Waals surface area contributed by atoms with Crippen molar-refractivity contribution in [3.05, 3.63) is 59.2 Å². The molecule has 0 aliphatic rings. The molecule has 0 radical (unpaired) electrons. The second-order valence-corrected chi connectivity index (χ2v) is 7.28. The minimum absolute atomic E-state index is 0.122. The smallest absolute Gasteiger partial charge is 0.234 e. The fraction of sp³-hybridized carbons (Fsp3) is 0.250. The van der Waals surface area contributed by atoms with Crippen LogP contribution >= 0.6 is 11.8 Å². The fourth-order valence-electron chi connectivity index (χ4n) is 2.75. The number of hydrogen-bond acceptors (Lipinski definition) is 5. The molecule has 0 atom stereocenters. The lowest BCUT2D eigenvalue weighted by Gasteiger charge is -2.12. The van der Waals surface area contributed by atoms with Gasteiger partial charge in [0.1, 0.15) is 5.82 Å². The summed E-state index contributed by atoms with van der Waals surface area (Å²) in [4.78, 5) is 12.3. The molecule has 0 spiro atoms. The number of rotatable bonds is 6. The highest BCUT2D eigenvalue weighted by atomic mass is 32.2. The zero-order valence-electron chi connectivity index (χ0n) is 16.1. The predicted molar refractivity (Wildman–Crippen MR) is 108 cm³/mol. The maximum absolute atomic E-state index is 13.8. The van der Waals surface area contributed by atoms with Crippen molar-refractivity contribution in [2.75, 3.05) is 18.2 Å². The molecule has 0 saturated carbocycles. The zero-order valence-corrected chi connectivity index (χ0v) is 16.9. The molecule has 0 fully saturated rings. The number of nitrogens with one attached hydrogen (secondary N) is 1. The normalized spacial score (nSPS) is 10.8. The van der Waals surface area contributed by atoms with E-state index in [-0.39, 0.29) is 17.4 Å². The van der Waals surface area contributed by atoms with Gasteiger partial charge >= 0.3 is 0 Å². The summed E-state index contributed by atoms with van der Waals surface area (Å²) in [5, 5.41) is 11.7. The average Bonchev–Trinajstić information content (AvgIpc) is 3.02. The topological polar surface area (TPSA) is 69.0 Å². The zero-order chi connectivity index (χ0) is 20.3. The lowest BCUT2D eigenvalue weighted by atomic mass is 10.1. The van der Waals surface area contributed by atoms with E-state index >= 15 is 0 Å². The van der Waals surface area contributed by atoms with E-state index < -0.39 is 5.82 Å². The lowest BCUT2D eigenvalue weighted by molar-refractivity contribution is -0.113. The van der Waals surface area contributed by atoms with Gasteiger partial charge in [0.2, 0.25) is 5.91 Å². The molecular weight excluding hydrogens is 379 g/mol. The molecule has 2 aromatic carbocycles. The molecule has 0 aliphatic heterocycles. The molecule has 146 valence electrons. The van der Waals surface area contributed by atoms with Crippen molar-refractivity contribution < 1.29 is 13.9 Å². The van der Waals surface area contributed by atoms with Crippen LogP contribution in [0.2, 0.25) is 0 Å². The number of methoxy groups -OCH3 is 1. The van der Waals surface area contributed by atoms with Crippen LogP contribution in [-0.2, 0) is 4.79 Å². The first-order chi connectivity index (χ1) is 13.4. The summed E-state index contributed by atoms with van der Waals surface area (Å²) in [7, 11) is 1.39. The summed E-state index contributed by atoms with van der Waals surface area (Å²) >= 11 is 1.28. The van der Waals surface area contributed by atoms with Gasteiger partial charge in [-0.1, -0.05) is 23.9 Å². The van der Waals surface area contributed by atoms with E-state index in [9.17, 15) is 9.18 Å². The van der Waals surface area contributed by atoms with Crippen LogP contribution in [0.1, 0.15) is 17.0 Å². The molecule has 0 aliphatic carbocycles. The van der Waals surface area contributed by atoms with E-state index in [1.54, 1.807) is 6.07 Å². The molecule has 6 nitrogen and oxygen atoms in total. The number of thioether (sulfide) groups is 1. The number of carbonyl (C=O) groups is 1. The van der Waals surface area contributed by atoms with Crippen LogP contribution < -0.4 is 10.1 Å². The largest absolute Gasteiger partial charge is 0.494 e. The van der Waals surface area contributed by atoms with Crippen LogP contribution in [0.4, 0.5) is 10.1 Å². The standard InChI is InChI=1S/C20H21FN4O2S/c1-12-5-6-13(2)17(9-12)25-14(3)23-24-20(25)28-11-19(26)22-15-7-8-18(27-4)16(21)10-15/h5-10H,11H2,1-4H3,(H,22,26). The Kier molecular flexibility index (Phi) is 5.99. The predicted octanol–water partition coefficient (Wildman–Crippen LogP) is 4.07. The van der Waals surface area contributed by atoms with Crippen molar-refractivity contribution in [2.45, 2.75) is 25.9 Å². The minimum atomic E-state index is -0.529. The van der Waals surface area contributed by atoms with Crippen LogP contribution in [0.25, 0.3) is 5.69 Å². The van der Waals surface area contributed by atoms with Gasteiger partial charge in [0.05, 0.1) is 18.6 Å². The van der Waals surface area contributed by atoms with E-state index in [0.717, 1.165) is 22.6 Å². The van der Waals surface area contributed by atoms with Gasteiger partial charge in [-0.3, -0.25) is 9.36 Å². The van der Waals surface area contributed by atoms with Crippen LogP contribution in [0, 0.1) is 26.6 Å². The van der Waals surface area contributed by atoms with Crippen molar-refractivity contribution in [2.24, 2.45) is 0 Å². The first-order valence-corrected chi connectivity index (χ1v) is 9.63. The maximum atomic E-state index is 13.8. The summed E-state index contributed by atoms with van der Waals surface area (Å²) in [6.07, 6.45) is 0. The average molecular weight is 400 g/mol. The van der Waals surface area contributed by atoms with Gasteiger partial charge in [-0.15, -0.1) is 10.2 Å². The molecule has 8 heteroatoms. The first kappa shape index (κ1) is 19.9. The van der Waals surface area contributed by atoms with Gasteiger partial charge in [-0.25, -0.2) is 4.39 Å². The molecule has 3 aromatic rings. The van der Waals surface area contributed by atoms with Gasteiger partial charge < -0.3 is 10.1 Å². The number of carbonyl (C=O) groups excluding carboxylic acids is 1. The Hall–Kier alpha value is -2.87. The van der Waals surface area contributed by atoms with Crippen LogP contribution in [0.5, 0.6) is 5.75 Å². The summed E-state index contributed by atoms with van der Waals surface area (Å²) in [5.41, 5.74) is 3.58. The van der Waals surface area contributed by atoms with Crippen molar-refractivity contribution in [1.29, 1.82) is 0 Å². The van der Waals surface area contributed by atoms with Crippen molar-refractivity contribution in [1.82, 2.24) is 14.8 Å². The minimum Gasteiger partial charge on any atom is -0.494 e. The van der Waals surface area contributed by atoms with Crippen molar-refractivity contribution in [3.63, 3.8) is 0 Å². The molecular formula is C20H21FN4O2S. The van der Waals surface area contributed by atoms with Crippen LogP contribution in [0.15, 0.2) is 41.6 Å². The van der Waals surface area contributed by atoms with E-state index in [2.05, 4.69) is 21.6 Å². The number of halogens is 1. The Bertz CT molecular complexity index is 1020. The number of aryl methyl sites for hydroxylation is 3. The summed E-state index contributed by atoms with van der Waals surface area (Å²) in [5.74, 6) is 0.204. The Morgan fingerprint density at radius 1 is 1.18 bits per heavy atom. The number of aromatic nitrogens is 3. The second kappa shape index (κ2) is 8.43. The fourth-order valence-corrected chi connectivity index (χ4v) is 3.54. The molecule has 1 N–H and O–H groups in total. The number of amides is 1. The van der Waals surface area contributed by atoms with Gasteiger partial charge in [0.15, 0.2) is 16.7 Å². The Morgan fingerprint density at radius 3 is 2.68 bits per heavy atom. The van der Waals surface area contributed by atoms with Gasteiger partial charge in [0.25, 0.3) is 0 Å². The molecule has 0 unspecified atom stereocenters. The van der Waals surface area contributed by atoms with Crippen molar-refractivity contribution in [3.8, 4) is 11.4 Å². The Balaban J connectivity index is 1.72. The van der Waals surface area contributed by atoms with E-state index in [4.69, 9.17) is 4.74 Å². The molecule has 1 amide bonds. The molecule has 0 saturated heterocycles. The molecule has 1 heterocycles. The number of nitrogens with zero attached hydrogens (tertiary/aromatic N) is 3. The van der Waals surface area contributed by atoms with Gasteiger partial charge in [0, 0.05) is 11.8 Å². The summed E-state index contributed by atoms with van der Waals surface area (Å²) < 4.78 is 20.6.